The van der Waals surface area contributed by atoms with Crippen LogP contribution in [0.15, 0.2) is 0 Å². The number of piperidine rings is 1. The van der Waals surface area contributed by atoms with Gasteiger partial charge in [-0.1, -0.05) is 0 Å². The fraction of sp³-hybridized carbons (Fsp3) is 0.846. The monoisotopic (exact) mass is 310 g/mol. The van der Waals surface area contributed by atoms with Gasteiger partial charge in [0.2, 0.25) is 5.91 Å². The van der Waals surface area contributed by atoms with Gasteiger partial charge in [0.05, 0.1) is 19.6 Å². The van der Waals surface area contributed by atoms with Crippen LogP contribution in [0.2, 0.25) is 0 Å². The number of nitrogens with zero attached hydrogens (tertiary/aromatic N) is 1. The smallest absolute Gasteiger partial charge is 0.401 e. The Labute approximate surface area is 121 Å². The lowest BCUT2D eigenvalue weighted by Gasteiger charge is -2.37. The minimum atomic E-state index is -4.30. The van der Waals surface area contributed by atoms with E-state index in [1.165, 1.54) is 11.8 Å². The first-order chi connectivity index (χ1) is 9.71. The van der Waals surface area contributed by atoms with E-state index in [1.807, 2.05) is 0 Å². The molecule has 0 aromatic rings. The Bertz CT molecular complexity index is 374. The minimum Gasteiger partial charge on any atom is -0.466 e. The quantitative estimate of drug-likeness (QED) is 0.778. The highest BCUT2D eigenvalue weighted by Gasteiger charge is 2.33. The van der Waals surface area contributed by atoms with Crippen LogP contribution in [0.5, 0.6) is 0 Å². The van der Waals surface area contributed by atoms with Gasteiger partial charge in [-0.15, -0.1) is 0 Å². The molecule has 0 radical (unpaired) electrons. The van der Waals surface area contributed by atoms with Gasteiger partial charge in [0.15, 0.2) is 0 Å². The predicted molar refractivity (Wildman–Crippen MR) is 69.5 cm³/mol. The van der Waals surface area contributed by atoms with Crippen molar-refractivity contribution in [1.29, 1.82) is 0 Å². The summed E-state index contributed by atoms with van der Waals surface area (Å²) in [6, 6.07) is -0.469. The number of ether oxygens (including phenoxy) is 1. The van der Waals surface area contributed by atoms with Crippen LogP contribution in [-0.2, 0) is 14.3 Å². The van der Waals surface area contributed by atoms with Crippen LogP contribution < -0.4 is 5.32 Å². The predicted octanol–water partition coefficient (Wildman–Crippen LogP) is 1.33. The number of alkyl halides is 3. The molecular weight excluding hydrogens is 289 g/mol. The topological polar surface area (TPSA) is 58.6 Å². The largest absolute Gasteiger partial charge is 0.466 e. The van der Waals surface area contributed by atoms with Crippen molar-refractivity contribution in [2.24, 2.45) is 5.92 Å². The molecule has 1 fully saturated rings. The first kappa shape index (κ1) is 17.7. The summed E-state index contributed by atoms with van der Waals surface area (Å²) in [6.07, 6.45) is -3.77. The molecule has 2 unspecified atom stereocenters. The highest BCUT2D eigenvalue weighted by Crippen LogP contribution is 2.22. The summed E-state index contributed by atoms with van der Waals surface area (Å²) in [5, 5.41) is 2.41. The third-order valence-corrected chi connectivity index (χ3v) is 3.33. The zero-order valence-electron chi connectivity index (χ0n) is 12.2. The average molecular weight is 310 g/mol. The van der Waals surface area contributed by atoms with Crippen molar-refractivity contribution >= 4 is 11.9 Å². The molecule has 0 aliphatic carbocycles. The number of esters is 1. The molecule has 2 atom stereocenters. The lowest BCUT2D eigenvalue weighted by molar-refractivity contribution is -0.146. The van der Waals surface area contributed by atoms with E-state index >= 15 is 0 Å². The third kappa shape index (κ3) is 6.79. The van der Waals surface area contributed by atoms with Crippen molar-refractivity contribution in [1.82, 2.24) is 10.2 Å². The van der Waals surface area contributed by atoms with Gasteiger partial charge in [0.1, 0.15) is 0 Å². The molecule has 5 nitrogen and oxygen atoms in total. The van der Waals surface area contributed by atoms with Crippen LogP contribution >= 0.6 is 0 Å². The van der Waals surface area contributed by atoms with Gasteiger partial charge >= 0.3 is 12.1 Å². The molecule has 1 amide bonds. The number of halogens is 3. The molecule has 1 saturated heterocycles. The maximum Gasteiger partial charge on any atom is 0.401 e. The first-order valence-electron chi connectivity index (χ1n) is 6.92. The Balaban J connectivity index is 2.59. The second kappa shape index (κ2) is 7.63. The van der Waals surface area contributed by atoms with E-state index in [2.05, 4.69) is 5.32 Å². The number of rotatable bonds is 5. The molecule has 1 aliphatic heterocycles. The highest BCUT2D eigenvalue weighted by molar-refractivity contribution is 5.74. The van der Waals surface area contributed by atoms with E-state index in [0.29, 0.717) is 13.0 Å². The molecule has 0 bridgehead atoms. The van der Waals surface area contributed by atoms with Gasteiger partial charge in [0.25, 0.3) is 0 Å². The van der Waals surface area contributed by atoms with Gasteiger partial charge in [0, 0.05) is 26.1 Å². The molecule has 1 rings (SSSR count). The van der Waals surface area contributed by atoms with Crippen molar-refractivity contribution < 1.29 is 27.5 Å². The number of likely N-dealkylation sites (tertiary alicyclic amines) is 1. The molecular formula is C13H21F3N2O3. The summed E-state index contributed by atoms with van der Waals surface area (Å²) in [7, 11) is 0. The summed E-state index contributed by atoms with van der Waals surface area (Å²) >= 11 is 0. The molecule has 122 valence electrons. The number of hydrogen-bond donors (Lipinski definition) is 1. The number of hydrogen-bond acceptors (Lipinski definition) is 4. The second-order valence-electron chi connectivity index (χ2n) is 5.23. The Hall–Kier alpha value is -1.31. The molecule has 0 aromatic heterocycles. The van der Waals surface area contributed by atoms with Gasteiger partial charge in [-0.25, -0.2) is 0 Å². The van der Waals surface area contributed by atoms with Crippen LogP contribution in [0.4, 0.5) is 13.2 Å². The summed E-state index contributed by atoms with van der Waals surface area (Å²) in [5.41, 5.74) is 0. The van der Waals surface area contributed by atoms with E-state index in [4.69, 9.17) is 4.74 Å². The number of nitrogens with one attached hydrogen (secondary N) is 1. The van der Waals surface area contributed by atoms with Gasteiger partial charge in [-0.3, -0.25) is 9.59 Å². The first-order valence-corrected chi connectivity index (χ1v) is 6.92. The van der Waals surface area contributed by atoms with Gasteiger partial charge in [-0.05, 0) is 19.3 Å². The Morgan fingerprint density at radius 3 is 2.52 bits per heavy atom. The summed E-state index contributed by atoms with van der Waals surface area (Å²) in [5.74, 6) is -0.780. The highest BCUT2D eigenvalue weighted by atomic mass is 19.4. The number of carbonyl (C=O) groups is 2. The Kier molecular flexibility index (Phi) is 6.44. The molecule has 21 heavy (non-hydrogen) atoms. The maximum atomic E-state index is 12.3. The van der Waals surface area contributed by atoms with Crippen molar-refractivity contribution in [3.05, 3.63) is 0 Å². The van der Waals surface area contributed by atoms with Crippen molar-refractivity contribution in [2.75, 3.05) is 26.2 Å². The van der Waals surface area contributed by atoms with Crippen molar-refractivity contribution in [3.63, 3.8) is 0 Å². The molecule has 0 saturated carbocycles. The maximum absolute atomic E-state index is 12.3. The van der Waals surface area contributed by atoms with Crippen LogP contribution in [0.25, 0.3) is 0 Å². The minimum absolute atomic E-state index is 0.113. The van der Waals surface area contributed by atoms with E-state index in [-0.39, 0.29) is 37.4 Å². The van der Waals surface area contributed by atoms with Crippen LogP contribution in [0, 0.1) is 5.92 Å². The number of amides is 1. The van der Waals surface area contributed by atoms with E-state index in [1.54, 1.807) is 6.92 Å². The van der Waals surface area contributed by atoms with Gasteiger partial charge in [-0.2, -0.15) is 13.2 Å². The zero-order chi connectivity index (χ0) is 16.0. The molecule has 1 N–H and O–H groups in total. The molecule has 0 spiro atoms. The SMILES string of the molecule is CCOC(=O)CC1CC(NCC(F)(F)F)CN(C(C)=O)C1. The normalized spacial score (nSPS) is 23.0. The zero-order valence-corrected chi connectivity index (χ0v) is 12.2. The summed E-state index contributed by atoms with van der Waals surface area (Å²) < 4.78 is 41.6. The summed E-state index contributed by atoms with van der Waals surface area (Å²) in [4.78, 5) is 24.4. The Morgan fingerprint density at radius 1 is 1.33 bits per heavy atom. The van der Waals surface area contributed by atoms with Gasteiger partial charge < -0.3 is 15.0 Å². The average Bonchev–Trinajstić information content (AvgIpc) is 2.35. The van der Waals surface area contributed by atoms with E-state index in [0.717, 1.165) is 0 Å². The second-order valence-corrected chi connectivity index (χ2v) is 5.23. The molecule has 8 heteroatoms. The standard InChI is InChI=1S/C13H21F3N2O3/c1-3-21-12(20)5-10-4-11(17-8-13(14,15)16)7-18(6-10)9(2)19/h10-11,17H,3-8H2,1-2H3. The lowest BCUT2D eigenvalue weighted by Crippen LogP contribution is -2.52. The van der Waals surface area contributed by atoms with Crippen LogP contribution in [-0.4, -0.2) is 55.2 Å². The fourth-order valence-electron chi connectivity index (χ4n) is 2.47. The van der Waals surface area contributed by atoms with E-state index in [9.17, 15) is 22.8 Å². The molecule has 1 heterocycles. The van der Waals surface area contributed by atoms with Crippen molar-refractivity contribution in [2.45, 2.75) is 38.9 Å². The fourth-order valence-corrected chi connectivity index (χ4v) is 2.47. The summed E-state index contributed by atoms with van der Waals surface area (Å²) in [6.45, 7) is 2.82. The lowest BCUT2D eigenvalue weighted by atomic mass is 9.91. The van der Waals surface area contributed by atoms with Crippen LogP contribution in [0.1, 0.15) is 26.7 Å². The van der Waals surface area contributed by atoms with Crippen LogP contribution in [0.3, 0.4) is 0 Å². The number of carbonyl (C=O) groups excluding carboxylic acids is 2. The third-order valence-electron chi connectivity index (χ3n) is 3.33. The molecule has 1 aliphatic rings. The van der Waals surface area contributed by atoms with Crippen molar-refractivity contribution in [3.8, 4) is 0 Å². The molecule has 0 aromatic carbocycles. The Morgan fingerprint density at radius 2 is 2.00 bits per heavy atom. The van der Waals surface area contributed by atoms with E-state index < -0.39 is 18.8 Å².